The summed E-state index contributed by atoms with van der Waals surface area (Å²) in [6, 6.07) is 0. The number of hydrogen-bond acceptors (Lipinski definition) is 8. The average Bonchev–Trinajstić information content (AvgIpc) is 3.38. The summed E-state index contributed by atoms with van der Waals surface area (Å²) in [6.45, 7) is 24.6. The Hall–Kier alpha value is -1.66. The Balaban J connectivity index is 1.81. The fraction of sp³-hybridized carbons (Fsp3) is 0.944. The molecule has 4 rings (SSSR count). The third-order valence-electron chi connectivity index (χ3n) is 13.3. The van der Waals surface area contributed by atoms with Crippen molar-refractivity contribution in [3.63, 3.8) is 0 Å². The molecule has 0 aromatic carbocycles. The lowest BCUT2D eigenvalue weighted by Gasteiger charge is -2.62. The van der Waals surface area contributed by atoms with Crippen molar-refractivity contribution in [3.8, 4) is 13.1 Å². The lowest BCUT2D eigenvalue weighted by atomic mass is 9.37. The van der Waals surface area contributed by atoms with Crippen LogP contribution in [0, 0.1) is 53.2 Å². The van der Waals surface area contributed by atoms with Gasteiger partial charge in [-0.15, -0.1) is 0 Å². The molecule has 0 amide bonds. The molecule has 0 aromatic heterocycles. The van der Waals surface area contributed by atoms with Crippen LogP contribution in [0.2, 0.25) is 0 Å². The molecule has 260 valence electrons. The zero-order chi connectivity index (χ0) is 33.4. The third-order valence-corrected chi connectivity index (χ3v) is 13.3. The maximum atomic E-state index is 9.71. The normalized spacial score (nSPS) is 40.6. The first-order valence-electron chi connectivity index (χ1n) is 18.2. The molecule has 4 fully saturated rings. The van der Waals surface area contributed by atoms with Crippen molar-refractivity contribution in [2.75, 3.05) is 53.1 Å². The van der Waals surface area contributed by atoms with Crippen molar-refractivity contribution < 1.29 is 19.3 Å². The van der Waals surface area contributed by atoms with E-state index in [0.29, 0.717) is 57.1 Å². The summed E-state index contributed by atoms with van der Waals surface area (Å²) in [5.41, 5.74) is 11.2. The molecular weight excluding hydrogens is 580 g/mol. The minimum Gasteiger partial charge on any atom is -0.396 e. The Morgan fingerprint density at radius 1 is 1.00 bits per heavy atom. The Labute approximate surface area is 278 Å². The molecule has 0 aliphatic heterocycles. The molecule has 4 aliphatic carbocycles. The Morgan fingerprint density at radius 3 is 2.41 bits per heavy atom. The van der Waals surface area contributed by atoms with E-state index in [2.05, 4.69) is 31.2 Å². The van der Waals surface area contributed by atoms with Crippen LogP contribution in [0.4, 0.5) is 0 Å². The first-order valence-corrected chi connectivity index (χ1v) is 18.2. The van der Waals surface area contributed by atoms with Gasteiger partial charge in [-0.2, -0.15) is 5.11 Å². The van der Waals surface area contributed by atoms with Gasteiger partial charge in [0, 0.05) is 32.8 Å². The van der Waals surface area contributed by atoms with Gasteiger partial charge in [-0.25, -0.2) is 5.53 Å². The molecule has 5 N–H and O–H groups in total. The number of rotatable bonds is 18. The molecular formula is C36H64N6O4+2. The van der Waals surface area contributed by atoms with Crippen molar-refractivity contribution in [1.29, 1.82) is 5.53 Å². The summed E-state index contributed by atoms with van der Waals surface area (Å²) in [6.07, 6.45) is 10.3. The second-order valence-corrected chi connectivity index (χ2v) is 15.3. The van der Waals surface area contributed by atoms with Gasteiger partial charge in [0.1, 0.15) is 0 Å². The molecule has 0 aromatic rings. The number of aliphatic hydroxyl groups is 1. The predicted octanol–water partition coefficient (Wildman–Crippen LogP) is 5.98. The highest BCUT2D eigenvalue weighted by Crippen LogP contribution is 2.74. The number of nitrogens with one attached hydrogen (secondary N) is 2. The van der Waals surface area contributed by atoms with Crippen LogP contribution in [0.15, 0.2) is 5.11 Å². The largest absolute Gasteiger partial charge is 0.396 e. The molecule has 0 saturated heterocycles. The zero-order valence-corrected chi connectivity index (χ0v) is 29.2. The van der Waals surface area contributed by atoms with Gasteiger partial charge in [-0.05, 0) is 109 Å². The molecule has 4 aliphatic rings. The van der Waals surface area contributed by atoms with Crippen LogP contribution in [-0.2, 0) is 14.2 Å². The summed E-state index contributed by atoms with van der Waals surface area (Å²) < 4.78 is 20.3. The van der Waals surface area contributed by atoms with Gasteiger partial charge in [0.2, 0.25) is 0 Å². The van der Waals surface area contributed by atoms with Gasteiger partial charge in [0.15, 0.2) is 5.92 Å². The van der Waals surface area contributed by atoms with Crippen molar-refractivity contribution in [2.45, 2.75) is 127 Å². The van der Waals surface area contributed by atoms with Gasteiger partial charge < -0.3 is 30.4 Å². The van der Waals surface area contributed by atoms with Crippen molar-refractivity contribution >= 4 is 0 Å². The van der Waals surface area contributed by atoms with E-state index in [0.717, 1.165) is 77.2 Å². The van der Waals surface area contributed by atoms with E-state index in [1.165, 1.54) is 0 Å². The van der Waals surface area contributed by atoms with Gasteiger partial charge in [0.25, 0.3) is 13.1 Å². The molecule has 46 heavy (non-hydrogen) atoms. The van der Waals surface area contributed by atoms with E-state index in [9.17, 15) is 5.11 Å². The van der Waals surface area contributed by atoms with E-state index in [4.69, 9.17) is 48.3 Å². The molecule has 0 bridgehead atoms. The quantitative estimate of drug-likeness (QED) is 0.107. The Morgan fingerprint density at radius 2 is 1.74 bits per heavy atom. The van der Waals surface area contributed by atoms with Gasteiger partial charge in [-0.1, -0.05) is 23.5 Å². The van der Waals surface area contributed by atoms with Crippen LogP contribution in [0.25, 0.3) is 9.69 Å². The highest BCUT2D eigenvalue weighted by molar-refractivity contribution is 5.38. The Kier molecular flexibility index (Phi) is 13.1. The maximum absolute atomic E-state index is 9.71. The van der Waals surface area contributed by atoms with Crippen molar-refractivity contribution in [3.05, 3.63) is 9.69 Å². The van der Waals surface area contributed by atoms with Crippen molar-refractivity contribution in [2.24, 2.45) is 45.3 Å². The lowest BCUT2D eigenvalue weighted by Crippen LogP contribution is -2.76. The minimum absolute atomic E-state index is 0.0867. The molecule has 4 saturated carbocycles. The number of aliphatic hydroxyl groups excluding tert-OH is 1. The van der Waals surface area contributed by atoms with E-state index < -0.39 is 11.1 Å². The number of hydrogen-bond donors (Lipinski definition) is 4. The molecule has 0 radical (unpaired) electrons. The second-order valence-electron chi connectivity index (χ2n) is 15.3. The predicted molar refractivity (Wildman–Crippen MR) is 183 cm³/mol. The van der Waals surface area contributed by atoms with E-state index >= 15 is 0 Å². The topological polar surface area (TPSA) is 131 Å². The fourth-order valence-electron chi connectivity index (χ4n) is 11.0. The smallest absolute Gasteiger partial charge is 0.301 e. The number of fused-ring (bicyclic) bond motifs is 5. The van der Waals surface area contributed by atoms with Crippen LogP contribution in [0.1, 0.15) is 97.8 Å². The number of nitrogens with two attached hydrogens (primary N) is 1. The standard InChI is InChI=1S/C36H64N6O4/c1-26(11-7-19-43)29-13-15-35(40-5)32-30(45-22-9-17-39-4)24-27-23-28(44-21-10-18-42-38)12-14-33(27,2)36(32,41-6)25-31(34(29,35)3)46-20-8-16-37/h5-6,26-32,38-39,43H,7-25,37H2,1-4H3/q+2/t26?,27?,28-,29?,30-,31+,32?,33+,34+,35-,36-/m1/s1. The van der Waals surface area contributed by atoms with Crippen LogP contribution in [0.5, 0.6) is 0 Å². The highest BCUT2D eigenvalue weighted by atomic mass is 16.5. The first-order chi connectivity index (χ1) is 22.2. The van der Waals surface area contributed by atoms with E-state index in [1.54, 1.807) is 0 Å². The van der Waals surface area contributed by atoms with Gasteiger partial charge >= 0.3 is 11.1 Å². The van der Waals surface area contributed by atoms with Crippen LogP contribution in [-0.4, -0.2) is 87.6 Å². The van der Waals surface area contributed by atoms with Crippen LogP contribution >= 0.6 is 0 Å². The first kappa shape index (κ1) is 37.2. The molecule has 4 unspecified atom stereocenters. The molecule has 10 nitrogen and oxygen atoms in total. The summed E-state index contributed by atoms with van der Waals surface area (Å²) in [5.74, 6) is 0.909. The minimum atomic E-state index is -0.641. The van der Waals surface area contributed by atoms with E-state index in [1.807, 2.05) is 7.05 Å². The third kappa shape index (κ3) is 6.40. The molecule has 0 spiro atoms. The fourth-order valence-corrected chi connectivity index (χ4v) is 11.0. The zero-order valence-electron chi connectivity index (χ0n) is 29.2. The summed E-state index contributed by atoms with van der Waals surface area (Å²) in [4.78, 5) is 10.0. The number of ether oxygens (including phenoxy) is 3. The van der Waals surface area contributed by atoms with Gasteiger partial charge in [0.05, 0.1) is 42.1 Å². The van der Waals surface area contributed by atoms with E-state index in [-0.39, 0.29) is 41.7 Å². The maximum Gasteiger partial charge on any atom is 0.301 e. The highest BCUT2D eigenvalue weighted by Gasteiger charge is 2.88. The molecule has 10 heteroatoms. The summed E-state index contributed by atoms with van der Waals surface area (Å²) in [5, 5.41) is 16.5. The molecule has 11 atom stereocenters. The lowest BCUT2D eigenvalue weighted by molar-refractivity contribution is -0.225. The van der Waals surface area contributed by atoms with Crippen LogP contribution in [0.3, 0.4) is 0 Å². The SMILES string of the molecule is C#[N+][C@]12C[C@H](OCCCN)[C@]3(C)C(C(C)CCCO)CC[C@@]3([N+]#C)C1[C@H](OCCCNC)CC1C[C@H](OCCCN=N)CC[C@@]12C. The average molecular weight is 645 g/mol. The van der Waals surface area contributed by atoms with Gasteiger partial charge in [-0.3, -0.25) is 0 Å². The Bertz CT molecular complexity index is 1080. The second kappa shape index (κ2) is 16.2. The molecule has 0 heterocycles. The monoisotopic (exact) mass is 644 g/mol. The van der Waals surface area contributed by atoms with Crippen LogP contribution < -0.4 is 11.1 Å². The summed E-state index contributed by atoms with van der Waals surface area (Å²) >= 11 is 0. The van der Waals surface area contributed by atoms with Crippen molar-refractivity contribution in [1.82, 2.24) is 5.32 Å². The number of nitrogens with zero attached hydrogens (tertiary/aromatic N) is 3. The summed E-state index contributed by atoms with van der Waals surface area (Å²) in [7, 11) is 1.97.